The standard InChI is InChI=1S/C21H15FN6S2/c1-13(19-25-26-27-28(19)16-5-3-2-4-6-16)30-21-18-17(11-29-20(18)23-12-24-21)14-7-9-15(22)10-8-14/h2-13H,1H3. The van der Waals surface area contributed by atoms with E-state index in [0.29, 0.717) is 0 Å². The van der Waals surface area contributed by atoms with Crippen molar-refractivity contribution in [3.05, 3.63) is 77.9 Å². The molecule has 5 aromatic rings. The summed E-state index contributed by atoms with van der Waals surface area (Å²) >= 11 is 3.12. The number of thiophene rings is 1. The summed E-state index contributed by atoms with van der Waals surface area (Å²) in [5.74, 6) is 0.474. The molecule has 0 radical (unpaired) electrons. The molecule has 0 N–H and O–H groups in total. The van der Waals surface area contributed by atoms with Gasteiger partial charge in [0.1, 0.15) is 22.0 Å². The number of aromatic nitrogens is 6. The zero-order chi connectivity index (χ0) is 20.5. The number of hydrogen-bond donors (Lipinski definition) is 0. The van der Waals surface area contributed by atoms with E-state index in [0.717, 1.165) is 37.9 Å². The molecular formula is C21H15FN6S2. The molecule has 0 saturated heterocycles. The number of thioether (sulfide) groups is 1. The Hall–Kier alpha value is -3.17. The minimum Gasteiger partial charge on any atom is -0.229 e. The maximum atomic E-state index is 13.4. The van der Waals surface area contributed by atoms with Crippen LogP contribution in [0.4, 0.5) is 4.39 Å². The third-order valence-corrected chi connectivity index (χ3v) is 6.62. The van der Waals surface area contributed by atoms with Crippen LogP contribution in [-0.4, -0.2) is 30.2 Å². The lowest BCUT2D eigenvalue weighted by Gasteiger charge is -2.12. The second-order valence-electron chi connectivity index (χ2n) is 6.56. The van der Waals surface area contributed by atoms with E-state index in [2.05, 4.69) is 25.5 Å². The first kappa shape index (κ1) is 18.8. The number of tetrazole rings is 1. The summed E-state index contributed by atoms with van der Waals surface area (Å²) in [6.07, 6.45) is 1.57. The number of halogens is 1. The summed E-state index contributed by atoms with van der Waals surface area (Å²) in [5, 5.41) is 16.1. The van der Waals surface area contributed by atoms with Gasteiger partial charge in [0.15, 0.2) is 5.82 Å². The topological polar surface area (TPSA) is 69.4 Å². The molecular weight excluding hydrogens is 419 g/mol. The maximum absolute atomic E-state index is 13.4. The van der Waals surface area contributed by atoms with Gasteiger partial charge in [-0.15, -0.1) is 16.4 Å². The summed E-state index contributed by atoms with van der Waals surface area (Å²) in [6.45, 7) is 2.05. The molecule has 2 aromatic carbocycles. The molecule has 148 valence electrons. The van der Waals surface area contributed by atoms with Crippen molar-refractivity contribution >= 4 is 33.3 Å². The zero-order valence-corrected chi connectivity index (χ0v) is 17.4. The molecule has 5 rings (SSSR count). The van der Waals surface area contributed by atoms with E-state index in [-0.39, 0.29) is 11.1 Å². The van der Waals surface area contributed by atoms with E-state index >= 15 is 0 Å². The molecule has 0 bridgehead atoms. The van der Waals surface area contributed by atoms with Crippen LogP contribution in [0.3, 0.4) is 0 Å². The normalized spacial score (nSPS) is 12.3. The lowest BCUT2D eigenvalue weighted by Crippen LogP contribution is -2.05. The first-order valence-corrected chi connectivity index (χ1v) is 10.9. The van der Waals surface area contributed by atoms with Gasteiger partial charge < -0.3 is 0 Å². The molecule has 9 heteroatoms. The van der Waals surface area contributed by atoms with Crippen LogP contribution >= 0.6 is 23.1 Å². The fraction of sp³-hybridized carbons (Fsp3) is 0.0952. The van der Waals surface area contributed by atoms with Crippen molar-refractivity contribution < 1.29 is 4.39 Å². The van der Waals surface area contributed by atoms with Crippen molar-refractivity contribution in [3.63, 3.8) is 0 Å². The van der Waals surface area contributed by atoms with E-state index in [1.54, 1.807) is 46.2 Å². The Kier molecular flexibility index (Phi) is 4.97. The highest BCUT2D eigenvalue weighted by Gasteiger charge is 2.21. The molecule has 3 heterocycles. The van der Waals surface area contributed by atoms with Crippen molar-refractivity contribution in [1.82, 2.24) is 30.2 Å². The van der Waals surface area contributed by atoms with E-state index in [1.807, 2.05) is 42.6 Å². The molecule has 6 nitrogen and oxygen atoms in total. The average Bonchev–Trinajstić information content (AvgIpc) is 3.43. The van der Waals surface area contributed by atoms with Crippen LogP contribution in [0.25, 0.3) is 27.0 Å². The van der Waals surface area contributed by atoms with Crippen molar-refractivity contribution in [2.24, 2.45) is 0 Å². The second-order valence-corrected chi connectivity index (χ2v) is 8.75. The molecule has 0 aliphatic carbocycles. The molecule has 0 aliphatic heterocycles. The molecule has 1 unspecified atom stereocenters. The van der Waals surface area contributed by atoms with Crippen molar-refractivity contribution in [2.75, 3.05) is 0 Å². The van der Waals surface area contributed by atoms with E-state index in [1.165, 1.54) is 12.1 Å². The predicted octanol–water partition coefficient (Wildman–Crippen LogP) is 5.33. The molecule has 0 spiro atoms. The van der Waals surface area contributed by atoms with Gasteiger partial charge in [0.25, 0.3) is 0 Å². The highest BCUT2D eigenvalue weighted by Crippen LogP contribution is 2.42. The van der Waals surface area contributed by atoms with Crippen LogP contribution in [0.15, 0.2) is 71.3 Å². The number of rotatable bonds is 5. The monoisotopic (exact) mass is 434 g/mol. The molecule has 0 saturated carbocycles. The number of fused-ring (bicyclic) bond motifs is 1. The lowest BCUT2D eigenvalue weighted by atomic mass is 10.1. The van der Waals surface area contributed by atoms with Crippen LogP contribution in [0, 0.1) is 5.82 Å². The Morgan fingerprint density at radius 1 is 1.03 bits per heavy atom. The van der Waals surface area contributed by atoms with E-state index in [4.69, 9.17) is 0 Å². The fourth-order valence-corrected chi connectivity index (χ4v) is 5.20. The minimum absolute atomic E-state index is 0.0562. The minimum atomic E-state index is -0.259. The van der Waals surface area contributed by atoms with Gasteiger partial charge in [-0.1, -0.05) is 42.1 Å². The Morgan fingerprint density at radius 2 is 1.83 bits per heavy atom. The third-order valence-electron chi connectivity index (χ3n) is 4.64. The van der Waals surface area contributed by atoms with Gasteiger partial charge in [-0.3, -0.25) is 0 Å². The summed E-state index contributed by atoms with van der Waals surface area (Å²) in [4.78, 5) is 9.85. The van der Waals surface area contributed by atoms with E-state index in [9.17, 15) is 4.39 Å². The smallest absolute Gasteiger partial charge is 0.169 e. The van der Waals surface area contributed by atoms with Gasteiger partial charge in [0.2, 0.25) is 0 Å². The van der Waals surface area contributed by atoms with Crippen LogP contribution in [0.5, 0.6) is 0 Å². The molecule has 0 amide bonds. The van der Waals surface area contributed by atoms with Crippen molar-refractivity contribution in [1.29, 1.82) is 0 Å². The Balaban J connectivity index is 1.53. The SMILES string of the molecule is CC(Sc1ncnc2scc(-c3ccc(F)cc3)c12)c1nnnn1-c1ccccc1. The van der Waals surface area contributed by atoms with Crippen LogP contribution in [0.2, 0.25) is 0 Å². The van der Waals surface area contributed by atoms with Gasteiger partial charge in [-0.25, -0.2) is 14.4 Å². The van der Waals surface area contributed by atoms with Crippen LogP contribution in [0.1, 0.15) is 18.0 Å². The van der Waals surface area contributed by atoms with Crippen molar-refractivity contribution in [2.45, 2.75) is 17.2 Å². The second kappa shape index (κ2) is 7.92. The highest BCUT2D eigenvalue weighted by molar-refractivity contribution is 7.99. The summed E-state index contributed by atoms with van der Waals surface area (Å²) < 4.78 is 15.1. The van der Waals surface area contributed by atoms with Crippen LogP contribution in [-0.2, 0) is 0 Å². The largest absolute Gasteiger partial charge is 0.229 e. The number of benzene rings is 2. The number of hydrogen-bond acceptors (Lipinski definition) is 7. The van der Waals surface area contributed by atoms with Gasteiger partial charge in [-0.05, 0) is 47.2 Å². The molecule has 3 aromatic heterocycles. The first-order valence-electron chi connectivity index (χ1n) is 9.19. The average molecular weight is 435 g/mol. The Bertz CT molecular complexity index is 1300. The number of para-hydroxylation sites is 1. The van der Waals surface area contributed by atoms with Gasteiger partial charge in [0, 0.05) is 10.9 Å². The van der Waals surface area contributed by atoms with Gasteiger partial charge >= 0.3 is 0 Å². The van der Waals surface area contributed by atoms with Crippen molar-refractivity contribution in [3.8, 4) is 16.8 Å². The van der Waals surface area contributed by atoms with Gasteiger partial charge in [-0.2, -0.15) is 4.68 Å². The van der Waals surface area contributed by atoms with E-state index < -0.39 is 0 Å². The summed E-state index contributed by atoms with van der Waals surface area (Å²) in [5.41, 5.74) is 2.83. The Labute approximate surface area is 179 Å². The predicted molar refractivity (Wildman–Crippen MR) is 116 cm³/mol. The molecule has 0 aliphatic rings. The highest BCUT2D eigenvalue weighted by atomic mass is 32.2. The summed E-state index contributed by atoms with van der Waals surface area (Å²) in [6, 6.07) is 16.3. The maximum Gasteiger partial charge on any atom is 0.169 e. The molecule has 1 atom stereocenters. The third kappa shape index (κ3) is 3.46. The summed E-state index contributed by atoms with van der Waals surface area (Å²) in [7, 11) is 0. The zero-order valence-electron chi connectivity index (χ0n) is 15.8. The van der Waals surface area contributed by atoms with Gasteiger partial charge in [0.05, 0.1) is 16.3 Å². The Morgan fingerprint density at radius 3 is 2.63 bits per heavy atom. The fourth-order valence-electron chi connectivity index (χ4n) is 3.20. The lowest BCUT2D eigenvalue weighted by molar-refractivity contribution is 0.628. The first-order chi connectivity index (χ1) is 14.7. The quantitative estimate of drug-likeness (QED) is 0.275. The molecule has 0 fully saturated rings. The number of nitrogens with zero attached hydrogens (tertiary/aromatic N) is 6. The van der Waals surface area contributed by atoms with Crippen LogP contribution < -0.4 is 0 Å². The molecule has 30 heavy (non-hydrogen) atoms.